The summed E-state index contributed by atoms with van der Waals surface area (Å²) in [6, 6.07) is 63.8. The molecular formula is C50H29N5O2PdPt. The summed E-state index contributed by atoms with van der Waals surface area (Å²) in [6.45, 7) is 0. The van der Waals surface area contributed by atoms with Crippen LogP contribution in [0.4, 0.5) is 0 Å². The van der Waals surface area contributed by atoms with E-state index in [1.807, 2.05) is 114 Å². The van der Waals surface area contributed by atoms with Gasteiger partial charge in [0.05, 0.1) is 0 Å². The molecule has 0 spiro atoms. The first-order chi connectivity index (χ1) is 28.2. The zero-order valence-electron chi connectivity index (χ0n) is 30.9. The Bertz CT molecular complexity index is 2820. The Balaban J connectivity index is 0.00000242. The third kappa shape index (κ3) is 7.99. The van der Waals surface area contributed by atoms with Gasteiger partial charge in [-0.25, -0.2) is 9.97 Å². The summed E-state index contributed by atoms with van der Waals surface area (Å²) in [4.78, 5) is 18.5. The van der Waals surface area contributed by atoms with Crippen LogP contribution in [0.3, 0.4) is 0 Å². The molecule has 4 aromatic heterocycles. The Morgan fingerprint density at radius 3 is 1.31 bits per heavy atom. The first kappa shape index (κ1) is 39.3. The molecule has 6 aromatic carbocycles. The summed E-state index contributed by atoms with van der Waals surface area (Å²) in [6.07, 6.45) is 6.98. The summed E-state index contributed by atoms with van der Waals surface area (Å²) in [5, 5.41) is 1.83. The first-order valence-electron chi connectivity index (χ1n) is 18.4. The van der Waals surface area contributed by atoms with Crippen LogP contribution in [-0.2, 0) is 41.5 Å². The second kappa shape index (κ2) is 17.5. The van der Waals surface area contributed by atoms with E-state index in [1.54, 1.807) is 30.9 Å². The number of benzene rings is 6. The molecule has 286 valence electrons. The van der Waals surface area contributed by atoms with Crippen molar-refractivity contribution in [2.24, 2.45) is 0 Å². The van der Waals surface area contributed by atoms with Gasteiger partial charge in [0.15, 0.2) is 0 Å². The van der Waals surface area contributed by atoms with Gasteiger partial charge in [-0.1, -0.05) is 130 Å². The molecule has 0 aliphatic heterocycles. The number of nitrogens with zero attached hydrogens (tertiary/aromatic N) is 5. The normalized spacial score (nSPS) is 10.8. The van der Waals surface area contributed by atoms with E-state index in [2.05, 4.69) is 70.6 Å². The van der Waals surface area contributed by atoms with Crippen LogP contribution >= 0.6 is 0 Å². The zero-order valence-corrected chi connectivity index (χ0v) is 34.8. The Morgan fingerprint density at radius 2 is 0.864 bits per heavy atom. The minimum Gasteiger partial charge on any atom is -0.502 e. The van der Waals surface area contributed by atoms with Crippen LogP contribution in [0.25, 0.3) is 72.5 Å². The van der Waals surface area contributed by atoms with Crippen LogP contribution in [0.2, 0.25) is 0 Å². The summed E-state index contributed by atoms with van der Waals surface area (Å²) >= 11 is 0. The van der Waals surface area contributed by atoms with E-state index in [0.29, 0.717) is 40.0 Å². The third-order valence-corrected chi connectivity index (χ3v) is 9.54. The van der Waals surface area contributed by atoms with Gasteiger partial charge in [-0.2, -0.15) is 22.9 Å². The smallest absolute Gasteiger partial charge is 0.502 e. The fraction of sp³-hybridized carbons (Fsp3) is 0. The monoisotopic (exact) mass is 1030 g/mol. The van der Waals surface area contributed by atoms with Gasteiger partial charge in [0, 0.05) is 47.8 Å². The van der Waals surface area contributed by atoms with Crippen LogP contribution in [-0.4, -0.2) is 24.5 Å². The number of rotatable bonds is 9. The molecule has 10 rings (SSSR count). The molecule has 0 aliphatic rings. The van der Waals surface area contributed by atoms with Crippen LogP contribution < -0.4 is 9.47 Å². The SMILES string of the molecule is [Pd+2].[Pt+2].[c-]1c(Oc2[c-]c3c(cc2-c2ccccc2)c2cc(-c4ccccc4)c(Oc4[c-]c(-c5ccccn5)ccc4)[c-]c2n3-c2ncccn2)cccc1-c1ccccn1. The number of pyridine rings is 2. The van der Waals surface area contributed by atoms with E-state index < -0.39 is 0 Å². The van der Waals surface area contributed by atoms with Crippen molar-refractivity contribution < 1.29 is 51.0 Å². The van der Waals surface area contributed by atoms with Gasteiger partial charge in [-0.3, -0.25) is 0 Å². The predicted octanol–water partition coefficient (Wildman–Crippen LogP) is 11.8. The Hall–Kier alpha value is -6.55. The standard InChI is InChI=1S/C50H29N5O2.Pd.Pt/c1-3-14-34(15-4-1)40-30-42-43-31-41(35-16-5-2-6-17-35)49(57-39-21-12-19-37(29-39)45-23-8-10-25-52-45)33-47(43)55(50-53-26-13-27-54-50)46(42)32-48(40)56-38-20-11-18-36(28-38)44-22-7-9-24-51-44;;/h1-27,30-31H;;/q-4;2*+2. The predicted molar refractivity (Wildman–Crippen MR) is 222 cm³/mol. The molecule has 0 amide bonds. The van der Waals surface area contributed by atoms with Crippen molar-refractivity contribution in [3.05, 3.63) is 201 Å². The average molecular weight is 1030 g/mol. The molecule has 0 bridgehead atoms. The number of fused-ring (bicyclic) bond motifs is 3. The van der Waals surface area contributed by atoms with Crippen molar-refractivity contribution in [1.29, 1.82) is 0 Å². The average Bonchev–Trinajstić information content (AvgIpc) is 3.59. The maximum absolute atomic E-state index is 6.73. The van der Waals surface area contributed by atoms with Gasteiger partial charge in [-0.05, 0) is 29.6 Å². The van der Waals surface area contributed by atoms with E-state index in [1.165, 1.54) is 0 Å². The zero-order chi connectivity index (χ0) is 38.0. The molecule has 0 radical (unpaired) electrons. The van der Waals surface area contributed by atoms with Crippen molar-refractivity contribution in [2.75, 3.05) is 0 Å². The van der Waals surface area contributed by atoms with E-state index in [9.17, 15) is 0 Å². The van der Waals surface area contributed by atoms with Crippen molar-refractivity contribution in [3.63, 3.8) is 0 Å². The molecule has 0 N–H and O–H groups in total. The largest absolute Gasteiger partial charge is 2.00 e. The number of hydrogen-bond donors (Lipinski definition) is 0. The van der Waals surface area contributed by atoms with Gasteiger partial charge < -0.3 is 24.0 Å². The third-order valence-electron chi connectivity index (χ3n) is 9.54. The van der Waals surface area contributed by atoms with Gasteiger partial charge in [0.1, 0.15) is 0 Å². The summed E-state index contributed by atoms with van der Waals surface area (Å²) < 4.78 is 15.4. The Labute approximate surface area is 369 Å². The topological polar surface area (TPSA) is 75.0 Å². The van der Waals surface area contributed by atoms with Crippen molar-refractivity contribution in [2.45, 2.75) is 0 Å². The van der Waals surface area contributed by atoms with Crippen molar-refractivity contribution in [1.82, 2.24) is 24.5 Å². The molecule has 0 fully saturated rings. The van der Waals surface area contributed by atoms with Crippen molar-refractivity contribution >= 4 is 21.8 Å². The Morgan fingerprint density at radius 1 is 0.424 bits per heavy atom. The van der Waals surface area contributed by atoms with E-state index in [-0.39, 0.29) is 41.5 Å². The molecular weight excluding hydrogens is 1000 g/mol. The van der Waals surface area contributed by atoms with Gasteiger partial charge in [0.25, 0.3) is 0 Å². The van der Waals surface area contributed by atoms with Crippen molar-refractivity contribution in [3.8, 4) is 73.7 Å². The van der Waals surface area contributed by atoms with Gasteiger partial charge in [-0.15, -0.1) is 59.7 Å². The second-order valence-corrected chi connectivity index (χ2v) is 13.2. The molecule has 10 aromatic rings. The quantitative estimate of drug-likeness (QED) is 0.106. The number of hydrogen-bond acceptors (Lipinski definition) is 6. The van der Waals surface area contributed by atoms with E-state index in [0.717, 1.165) is 55.5 Å². The minimum atomic E-state index is 0. The molecule has 4 heterocycles. The first-order valence-corrected chi connectivity index (χ1v) is 18.4. The number of ether oxygens (including phenoxy) is 2. The van der Waals surface area contributed by atoms with Crippen LogP contribution in [0.5, 0.6) is 23.0 Å². The molecule has 0 saturated carbocycles. The van der Waals surface area contributed by atoms with Crippen LogP contribution in [0, 0.1) is 24.3 Å². The number of aromatic nitrogens is 5. The Kier molecular flexibility index (Phi) is 11.7. The molecule has 0 saturated heterocycles. The minimum absolute atomic E-state index is 0. The molecule has 0 unspecified atom stereocenters. The fourth-order valence-corrected chi connectivity index (χ4v) is 6.93. The molecule has 0 aliphatic carbocycles. The van der Waals surface area contributed by atoms with Gasteiger partial charge in [0.2, 0.25) is 5.95 Å². The van der Waals surface area contributed by atoms with E-state index in [4.69, 9.17) is 19.4 Å². The second-order valence-electron chi connectivity index (χ2n) is 13.2. The van der Waals surface area contributed by atoms with Crippen LogP contribution in [0.15, 0.2) is 176 Å². The maximum Gasteiger partial charge on any atom is 2.00 e. The summed E-state index contributed by atoms with van der Waals surface area (Å²) in [5.41, 5.74) is 8.32. The molecule has 59 heavy (non-hydrogen) atoms. The molecule has 7 nitrogen and oxygen atoms in total. The van der Waals surface area contributed by atoms with Gasteiger partial charge >= 0.3 is 41.5 Å². The maximum atomic E-state index is 6.73. The molecule has 9 heteroatoms. The van der Waals surface area contributed by atoms with E-state index >= 15 is 0 Å². The summed E-state index contributed by atoms with van der Waals surface area (Å²) in [7, 11) is 0. The fourth-order valence-electron chi connectivity index (χ4n) is 6.93. The molecule has 0 atom stereocenters. The van der Waals surface area contributed by atoms with Crippen LogP contribution in [0.1, 0.15) is 0 Å². The summed E-state index contributed by atoms with van der Waals surface area (Å²) in [5.74, 6) is 2.55.